The summed E-state index contributed by atoms with van der Waals surface area (Å²) in [7, 11) is 0. The second kappa shape index (κ2) is 9.02. The van der Waals surface area contributed by atoms with Crippen LogP contribution >= 0.6 is 0 Å². The molecule has 1 heterocycles. The molecular formula is C29H32F4N2O. The third kappa shape index (κ3) is 4.36. The summed E-state index contributed by atoms with van der Waals surface area (Å²) in [6.07, 6.45) is 2.56. The molecule has 1 spiro atoms. The number of rotatable bonds is 5. The third-order valence-corrected chi connectivity index (χ3v) is 8.65. The minimum absolute atomic E-state index is 0.0410. The van der Waals surface area contributed by atoms with Crippen LogP contribution in [0.5, 0.6) is 0 Å². The van der Waals surface area contributed by atoms with Crippen molar-refractivity contribution >= 4 is 12.0 Å². The fourth-order valence-corrected chi connectivity index (χ4v) is 6.48. The Balaban J connectivity index is 1.17. The van der Waals surface area contributed by atoms with Crippen LogP contribution in [0.1, 0.15) is 60.9 Å². The summed E-state index contributed by atoms with van der Waals surface area (Å²) in [5.41, 5.74) is 1.58. The normalized spacial score (nSPS) is 29.7. The van der Waals surface area contributed by atoms with Crippen LogP contribution in [0.3, 0.4) is 0 Å². The number of carbonyl (C=O) groups excluding carboxylic acids is 1. The average Bonchev–Trinajstić information content (AvgIpc) is 3.21. The largest absolute Gasteiger partial charge is 0.416 e. The molecule has 1 amide bonds. The molecule has 0 unspecified atom stereocenters. The molecule has 5 rings (SSSR count). The van der Waals surface area contributed by atoms with Crippen LogP contribution in [0.4, 0.5) is 17.6 Å². The molecular weight excluding hydrogens is 468 g/mol. The van der Waals surface area contributed by atoms with E-state index in [-0.39, 0.29) is 29.0 Å². The van der Waals surface area contributed by atoms with E-state index >= 15 is 0 Å². The first-order valence-electron chi connectivity index (χ1n) is 12.6. The summed E-state index contributed by atoms with van der Waals surface area (Å²) < 4.78 is 52.5. The average molecular weight is 501 g/mol. The first kappa shape index (κ1) is 25.0. The van der Waals surface area contributed by atoms with Crippen LogP contribution in [0, 0.1) is 11.3 Å². The predicted octanol–water partition coefficient (Wildman–Crippen LogP) is 6.27. The molecule has 2 aromatic rings. The number of carbonyl (C=O) groups is 1. The highest BCUT2D eigenvalue weighted by Crippen LogP contribution is 2.50. The molecule has 1 aliphatic heterocycles. The fraction of sp³-hybridized carbons (Fsp3) is 0.483. The van der Waals surface area contributed by atoms with Crippen LogP contribution in [0.2, 0.25) is 0 Å². The Kier molecular flexibility index (Phi) is 6.26. The maximum Gasteiger partial charge on any atom is 0.416 e. The lowest BCUT2D eigenvalue weighted by molar-refractivity contribution is -0.140. The van der Waals surface area contributed by atoms with Crippen LogP contribution < -0.4 is 5.32 Å². The maximum absolute atomic E-state index is 13.1. The summed E-state index contributed by atoms with van der Waals surface area (Å²) >= 11 is 0. The van der Waals surface area contributed by atoms with Gasteiger partial charge in [0.15, 0.2) is 0 Å². The highest BCUT2D eigenvalue weighted by molar-refractivity contribution is 5.83. The van der Waals surface area contributed by atoms with Crippen molar-refractivity contribution in [2.75, 3.05) is 13.1 Å². The third-order valence-electron chi connectivity index (χ3n) is 8.65. The van der Waals surface area contributed by atoms with E-state index in [2.05, 4.69) is 53.6 Å². The Morgan fingerprint density at radius 1 is 1.14 bits per heavy atom. The number of likely N-dealkylation sites (tertiary alicyclic amines) is 1. The van der Waals surface area contributed by atoms with E-state index in [4.69, 9.17) is 0 Å². The van der Waals surface area contributed by atoms with Gasteiger partial charge in [-0.25, -0.2) is 4.39 Å². The monoisotopic (exact) mass is 500 g/mol. The van der Waals surface area contributed by atoms with Crippen molar-refractivity contribution in [2.45, 2.75) is 64.0 Å². The van der Waals surface area contributed by atoms with Crippen molar-refractivity contribution in [3.05, 3.63) is 76.4 Å². The molecule has 2 atom stereocenters. The van der Waals surface area contributed by atoms with Crippen molar-refractivity contribution in [3.8, 4) is 0 Å². The maximum atomic E-state index is 13.1. The van der Waals surface area contributed by atoms with E-state index in [0.29, 0.717) is 12.0 Å². The molecule has 1 saturated heterocycles. The molecule has 192 valence electrons. The number of hydrogen-bond donors (Lipinski definition) is 1. The zero-order chi connectivity index (χ0) is 25.7. The SMILES string of the molecule is C[C@H]1CN(C2CC(C)(C(=O)NCc3cc(CF)cc(C(F)(F)F)c3)C2)CC[C@@]12C=Cc1ccccc12. The Morgan fingerprint density at radius 3 is 2.56 bits per heavy atom. The molecule has 2 fully saturated rings. The summed E-state index contributed by atoms with van der Waals surface area (Å²) in [4.78, 5) is 15.5. The Hall–Kier alpha value is -2.67. The summed E-state index contributed by atoms with van der Waals surface area (Å²) in [5.74, 6) is 0.296. The Labute approximate surface area is 209 Å². The number of piperidine rings is 1. The molecule has 0 bridgehead atoms. The van der Waals surface area contributed by atoms with Crippen molar-refractivity contribution in [1.82, 2.24) is 10.2 Å². The molecule has 1 saturated carbocycles. The zero-order valence-corrected chi connectivity index (χ0v) is 20.7. The van der Waals surface area contributed by atoms with Gasteiger partial charge in [-0.15, -0.1) is 0 Å². The Bertz CT molecular complexity index is 1180. The highest BCUT2D eigenvalue weighted by Gasteiger charge is 2.51. The number of alkyl halides is 4. The molecule has 36 heavy (non-hydrogen) atoms. The van der Waals surface area contributed by atoms with Crippen molar-refractivity contribution in [2.24, 2.45) is 11.3 Å². The molecule has 2 aliphatic carbocycles. The number of allylic oxidation sites excluding steroid dienone is 1. The Morgan fingerprint density at radius 2 is 1.86 bits per heavy atom. The lowest BCUT2D eigenvalue weighted by Gasteiger charge is -2.53. The standard InChI is InChI=1S/C29H32F4N2O/c1-19-18-35(10-9-28(19)8-7-22-5-3-4-6-25(22)28)24-14-27(2,15-24)26(36)34-17-21-11-20(16-30)12-23(13-21)29(31,32)33/h3-8,11-13,19,24H,9-10,14-18H2,1-2H3,(H,34,36)/t19-,24?,27?,28-/m0/s1. The number of fused-ring (bicyclic) bond motifs is 2. The van der Waals surface area contributed by atoms with Gasteiger partial charge in [0.1, 0.15) is 6.67 Å². The lowest BCUT2D eigenvalue weighted by atomic mass is 9.63. The van der Waals surface area contributed by atoms with E-state index in [9.17, 15) is 22.4 Å². The first-order chi connectivity index (χ1) is 17.0. The molecule has 1 N–H and O–H groups in total. The molecule has 7 heteroatoms. The second-order valence-electron chi connectivity index (χ2n) is 11.1. The summed E-state index contributed by atoms with van der Waals surface area (Å²) in [6.45, 7) is 5.14. The van der Waals surface area contributed by atoms with Gasteiger partial charge in [0.05, 0.1) is 5.56 Å². The number of halogens is 4. The zero-order valence-electron chi connectivity index (χ0n) is 20.7. The smallest absolute Gasteiger partial charge is 0.352 e. The molecule has 3 aliphatic rings. The van der Waals surface area contributed by atoms with E-state index < -0.39 is 23.8 Å². The molecule has 0 aromatic heterocycles. The van der Waals surface area contributed by atoms with Gasteiger partial charge in [0.2, 0.25) is 5.91 Å². The van der Waals surface area contributed by atoms with E-state index in [0.717, 1.165) is 44.5 Å². The molecule has 0 radical (unpaired) electrons. The summed E-state index contributed by atoms with van der Waals surface area (Å²) in [5, 5.41) is 2.80. The summed E-state index contributed by atoms with van der Waals surface area (Å²) in [6, 6.07) is 12.1. The number of nitrogens with one attached hydrogen (secondary N) is 1. The van der Waals surface area contributed by atoms with Gasteiger partial charge in [0.25, 0.3) is 0 Å². The van der Waals surface area contributed by atoms with Crippen molar-refractivity contribution in [1.29, 1.82) is 0 Å². The minimum atomic E-state index is -4.56. The highest BCUT2D eigenvalue weighted by atomic mass is 19.4. The van der Waals surface area contributed by atoms with Gasteiger partial charge in [-0.1, -0.05) is 56.3 Å². The predicted molar refractivity (Wildman–Crippen MR) is 132 cm³/mol. The second-order valence-corrected chi connectivity index (χ2v) is 11.1. The van der Waals surface area contributed by atoms with E-state index in [1.54, 1.807) is 0 Å². The van der Waals surface area contributed by atoms with Gasteiger partial charge in [-0.2, -0.15) is 13.2 Å². The van der Waals surface area contributed by atoms with E-state index in [1.807, 2.05) is 6.92 Å². The van der Waals surface area contributed by atoms with Crippen molar-refractivity contribution in [3.63, 3.8) is 0 Å². The van der Waals surface area contributed by atoms with Crippen LogP contribution in [-0.2, 0) is 29.6 Å². The van der Waals surface area contributed by atoms with Crippen LogP contribution in [0.15, 0.2) is 48.5 Å². The topological polar surface area (TPSA) is 32.3 Å². The van der Waals surface area contributed by atoms with Crippen LogP contribution in [-0.4, -0.2) is 29.9 Å². The number of nitrogens with zero attached hydrogens (tertiary/aromatic N) is 1. The minimum Gasteiger partial charge on any atom is -0.352 e. The van der Waals surface area contributed by atoms with Gasteiger partial charge >= 0.3 is 6.18 Å². The number of hydrogen-bond acceptors (Lipinski definition) is 2. The molecule has 2 aromatic carbocycles. The molecule has 3 nitrogen and oxygen atoms in total. The fourth-order valence-electron chi connectivity index (χ4n) is 6.48. The van der Waals surface area contributed by atoms with Crippen LogP contribution in [0.25, 0.3) is 6.08 Å². The first-order valence-corrected chi connectivity index (χ1v) is 12.6. The van der Waals surface area contributed by atoms with Gasteiger partial charge in [-0.3, -0.25) is 9.69 Å². The number of amides is 1. The van der Waals surface area contributed by atoms with Gasteiger partial charge in [0, 0.05) is 30.0 Å². The van der Waals surface area contributed by atoms with Crippen molar-refractivity contribution < 1.29 is 22.4 Å². The van der Waals surface area contributed by atoms with Gasteiger partial charge < -0.3 is 5.32 Å². The van der Waals surface area contributed by atoms with E-state index in [1.165, 1.54) is 17.2 Å². The quantitative estimate of drug-likeness (QED) is 0.491. The van der Waals surface area contributed by atoms with Gasteiger partial charge in [-0.05, 0) is 66.1 Å². The number of benzene rings is 2. The lowest BCUT2D eigenvalue weighted by Crippen LogP contribution is -2.59.